The van der Waals surface area contributed by atoms with Crippen LogP contribution in [0.25, 0.3) is 33.5 Å². The van der Waals surface area contributed by atoms with Crippen LogP contribution in [-0.4, -0.2) is 60.8 Å². The van der Waals surface area contributed by atoms with Crippen LogP contribution in [0.4, 0.5) is 4.39 Å². The predicted molar refractivity (Wildman–Crippen MR) is 157 cm³/mol. The molecule has 1 aliphatic heterocycles. The van der Waals surface area contributed by atoms with Gasteiger partial charge >= 0.3 is 0 Å². The molecule has 0 bridgehead atoms. The summed E-state index contributed by atoms with van der Waals surface area (Å²) in [5.41, 5.74) is 5.69. The van der Waals surface area contributed by atoms with Crippen LogP contribution in [-0.2, 0) is 20.0 Å². The Morgan fingerprint density at radius 3 is 2.85 bits per heavy atom. The van der Waals surface area contributed by atoms with E-state index in [0.717, 1.165) is 57.7 Å². The van der Waals surface area contributed by atoms with Crippen molar-refractivity contribution in [2.75, 3.05) is 26.4 Å². The number of aromatic nitrogens is 5. The first kappa shape index (κ1) is 25.8. The van der Waals surface area contributed by atoms with E-state index in [4.69, 9.17) is 9.72 Å². The third-order valence-electron chi connectivity index (χ3n) is 8.60. The largest absolute Gasteiger partial charge is 0.489 e. The second kappa shape index (κ2) is 10.4. The highest BCUT2D eigenvalue weighted by molar-refractivity contribution is 6.01. The van der Waals surface area contributed by atoms with Crippen molar-refractivity contribution < 1.29 is 13.9 Å². The predicted octanol–water partition coefficient (Wildman–Crippen LogP) is 5.80. The van der Waals surface area contributed by atoms with Crippen molar-refractivity contribution in [1.82, 2.24) is 28.6 Å². The molecule has 8 nitrogen and oxygen atoms in total. The van der Waals surface area contributed by atoms with Gasteiger partial charge in [0.2, 0.25) is 0 Å². The lowest BCUT2D eigenvalue weighted by atomic mass is 9.98. The Balaban J connectivity index is 1.28. The summed E-state index contributed by atoms with van der Waals surface area (Å²) in [4.78, 5) is 24.2. The number of halogens is 1. The molecule has 0 N–H and O–H groups in total. The van der Waals surface area contributed by atoms with E-state index < -0.39 is 6.67 Å². The van der Waals surface area contributed by atoms with Crippen molar-refractivity contribution >= 4 is 27.8 Å². The molecule has 1 saturated carbocycles. The molecule has 1 amide bonds. The van der Waals surface area contributed by atoms with Crippen LogP contribution in [0.15, 0.2) is 55.1 Å². The lowest BCUT2D eigenvalue weighted by Gasteiger charge is -2.28. The number of nitrogens with zero attached hydrogens (tertiary/aromatic N) is 6. The Morgan fingerprint density at radius 1 is 1.20 bits per heavy atom. The SMILES string of the molecule is CC(COc1cccc2cc(-c3nc4cc5c(cc4n3C)CCN(CCCF)C5=O)n(CC3CC3)c12)n1ccnc1. The molecule has 2 aromatic carbocycles. The molecule has 1 aliphatic carbocycles. The van der Waals surface area contributed by atoms with Crippen LogP contribution in [0.3, 0.4) is 0 Å². The summed E-state index contributed by atoms with van der Waals surface area (Å²) < 4.78 is 25.8. The van der Waals surface area contributed by atoms with Gasteiger partial charge in [-0.15, -0.1) is 0 Å². The van der Waals surface area contributed by atoms with Crippen LogP contribution < -0.4 is 4.74 Å². The van der Waals surface area contributed by atoms with Crippen molar-refractivity contribution in [2.24, 2.45) is 13.0 Å². The molecule has 4 heterocycles. The van der Waals surface area contributed by atoms with Gasteiger partial charge in [-0.25, -0.2) is 9.97 Å². The lowest BCUT2D eigenvalue weighted by Crippen LogP contribution is -2.38. The lowest BCUT2D eigenvalue weighted by molar-refractivity contribution is 0.0735. The molecule has 41 heavy (non-hydrogen) atoms. The average molecular weight is 555 g/mol. The van der Waals surface area contributed by atoms with Crippen molar-refractivity contribution in [2.45, 2.75) is 45.2 Å². The third-order valence-corrected chi connectivity index (χ3v) is 8.60. The minimum absolute atomic E-state index is 0.0247. The summed E-state index contributed by atoms with van der Waals surface area (Å²) in [5.74, 6) is 2.37. The molecule has 5 aromatic rings. The van der Waals surface area contributed by atoms with E-state index in [1.54, 1.807) is 11.1 Å². The molecule has 1 atom stereocenters. The van der Waals surface area contributed by atoms with E-state index in [2.05, 4.69) is 56.9 Å². The van der Waals surface area contributed by atoms with Crippen LogP contribution in [0.5, 0.6) is 5.75 Å². The molecule has 1 unspecified atom stereocenters. The molecule has 2 aliphatic rings. The smallest absolute Gasteiger partial charge is 0.254 e. The van der Waals surface area contributed by atoms with Gasteiger partial charge in [-0.2, -0.15) is 0 Å². The van der Waals surface area contributed by atoms with Crippen LogP contribution in [0.2, 0.25) is 0 Å². The third kappa shape index (κ3) is 4.67. The molecule has 212 valence electrons. The van der Waals surface area contributed by atoms with Gasteiger partial charge in [-0.3, -0.25) is 9.18 Å². The van der Waals surface area contributed by atoms with Gasteiger partial charge in [0.05, 0.1) is 41.3 Å². The highest BCUT2D eigenvalue weighted by atomic mass is 19.1. The van der Waals surface area contributed by atoms with Gasteiger partial charge in [0.15, 0.2) is 5.82 Å². The van der Waals surface area contributed by atoms with E-state index in [0.29, 0.717) is 37.6 Å². The van der Waals surface area contributed by atoms with Crippen molar-refractivity contribution in [1.29, 1.82) is 0 Å². The van der Waals surface area contributed by atoms with Gasteiger partial charge in [0, 0.05) is 50.0 Å². The number of alkyl halides is 1. The first-order valence-electron chi connectivity index (χ1n) is 14.6. The second-order valence-electron chi connectivity index (χ2n) is 11.5. The van der Waals surface area contributed by atoms with Gasteiger partial charge in [0.25, 0.3) is 5.91 Å². The summed E-state index contributed by atoms with van der Waals surface area (Å²) in [6.07, 6.45) is 9.17. The van der Waals surface area contributed by atoms with E-state index in [1.807, 2.05) is 24.7 Å². The van der Waals surface area contributed by atoms with E-state index in [1.165, 1.54) is 12.8 Å². The standard InChI is InChI=1S/C32H35FN6O2/c1-21(38-14-11-34-20-38)19-41-29-6-3-5-24-16-28(39(30(24)29)18-22-7-8-22)31-35-26-17-25-23(15-27(26)36(31)2)9-13-37(32(25)40)12-4-10-33/h3,5-6,11,14-17,20-22H,4,7-10,12-13,18-19H2,1-2H3. The number of para-hydroxylation sites is 1. The van der Waals surface area contributed by atoms with Gasteiger partial charge in [0.1, 0.15) is 12.4 Å². The first-order valence-corrected chi connectivity index (χ1v) is 14.6. The van der Waals surface area contributed by atoms with Crippen molar-refractivity contribution in [3.63, 3.8) is 0 Å². The van der Waals surface area contributed by atoms with Crippen molar-refractivity contribution in [3.05, 3.63) is 66.2 Å². The molecule has 0 radical (unpaired) electrons. The Hall–Kier alpha value is -4.14. The fraction of sp³-hybridized carbons (Fsp3) is 0.406. The highest BCUT2D eigenvalue weighted by Crippen LogP contribution is 2.39. The quantitative estimate of drug-likeness (QED) is 0.219. The number of hydrogen-bond donors (Lipinski definition) is 0. The number of ether oxygens (including phenoxy) is 1. The first-order chi connectivity index (χ1) is 20.0. The highest BCUT2D eigenvalue weighted by Gasteiger charge is 2.29. The number of amides is 1. The maximum atomic E-state index is 13.2. The molecular weight excluding hydrogens is 519 g/mol. The maximum Gasteiger partial charge on any atom is 0.254 e. The summed E-state index contributed by atoms with van der Waals surface area (Å²) in [6.45, 7) is 4.24. The second-order valence-corrected chi connectivity index (χ2v) is 11.5. The van der Waals surface area contributed by atoms with E-state index in [9.17, 15) is 9.18 Å². The minimum Gasteiger partial charge on any atom is -0.489 e. The minimum atomic E-state index is -0.412. The fourth-order valence-corrected chi connectivity index (χ4v) is 6.07. The monoisotopic (exact) mass is 554 g/mol. The zero-order valence-electron chi connectivity index (χ0n) is 23.6. The zero-order valence-corrected chi connectivity index (χ0v) is 23.6. The molecule has 7 rings (SSSR count). The Labute approximate surface area is 238 Å². The number of carbonyl (C=O) groups is 1. The maximum absolute atomic E-state index is 13.2. The fourth-order valence-electron chi connectivity index (χ4n) is 6.07. The van der Waals surface area contributed by atoms with Crippen LogP contribution >= 0.6 is 0 Å². The number of carbonyl (C=O) groups excluding carboxylic acids is 1. The summed E-state index contributed by atoms with van der Waals surface area (Å²) >= 11 is 0. The number of rotatable bonds is 10. The Morgan fingerprint density at radius 2 is 2.07 bits per heavy atom. The number of hydrogen-bond acceptors (Lipinski definition) is 4. The van der Waals surface area contributed by atoms with Gasteiger partial charge in [-0.05, 0) is 68.4 Å². The molecule has 3 aromatic heterocycles. The number of fused-ring (bicyclic) bond motifs is 3. The Bertz CT molecular complexity index is 1730. The number of benzene rings is 2. The van der Waals surface area contributed by atoms with Crippen LogP contribution in [0, 0.1) is 5.92 Å². The van der Waals surface area contributed by atoms with Gasteiger partial charge in [-0.1, -0.05) is 12.1 Å². The normalized spacial score (nSPS) is 16.1. The molecule has 1 fully saturated rings. The van der Waals surface area contributed by atoms with Gasteiger partial charge < -0.3 is 23.3 Å². The van der Waals surface area contributed by atoms with Crippen LogP contribution in [0.1, 0.15) is 48.1 Å². The number of aryl methyl sites for hydroxylation is 1. The molecule has 0 spiro atoms. The summed E-state index contributed by atoms with van der Waals surface area (Å²) in [7, 11) is 2.05. The van der Waals surface area contributed by atoms with E-state index >= 15 is 0 Å². The Kier molecular flexibility index (Phi) is 6.52. The zero-order chi connectivity index (χ0) is 28.1. The average Bonchev–Trinajstić information content (AvgIpc) is 3.35. The molecule has 0 saturated heterocycles. The summed E-state index contributed by atoms with van der Waals surface area (Å²) in [5, 5.41) is 1.12. The van der Waals surface area contributed by atoms with Crippen molar-refractivity contribution in [3.8, 4) is 17.3 Å². The molecule has 9 heteroatoms. The molecular formula is C32H35FN6O2. The number of imidazole rings is 2. The van der Waals surface area contributed by atoms with E-state index in [-0.39, 0.29) is 11.9 Å². The summed E-state index contributed by atoms with van der Waals surface area (Å²) in [6, 6.07) is 12.7. The topological polar surface area (TPSA) is 70.1 Å².